The smallest absolute Gasteiger partial charge is 0.316 e. The second-order valence-electron chi connectivity index (χ2n) is 7.81. The molecule has 0 aromatic heterocycles. The fraction of sp³-hybridized carbons (Fsp3) is 0.579. The van der Waals surface area contributed by atoms with E-state index in [0.717, 1.165) is 18.4 Å². The Morgan fingerprint density at radius 1 is 0.870 bits per heavy atom. The zero-order chi connectivity index (χ0) is 17.8. The van der Waals surface area contributed by atoms with Crippen molar-refractivity contribution in [2.24, 2.45) is 10.8 Å². The van der Waals surface area contributed by atoms with Crippen molar-refractivity contribution >= 4 is 11.9 Å². The molecule has 0 radical (unpaired) electrons. The molecule has 0 N–H and O–H groups in total. The van der Waals surface area contributed by atoms with E-state index in [1.807, 2.05) is 6.07 Å². The van der Waals surface area contributed by atoms with Gasteiger partial charge in [-0.25, -0.2) is 0 Å². The third kappa shape index (κ3) is 5.70. The Labute approximate surface area is 139 Å². The van der Waals surface area contributed by atoms with Crippen molar-refractivity contribution in [3.8, 4) is 11.5 Å². The van der Waals surface area contributed by atoms with E-state index in [2.05, 4.69) is 6.92 Å². The highest BCUT2D eigenvalue weighted by molar-refractivity contribution is 5.81. The fourth-order valence-electron chi connectivity index (χ4n) is 1.67. The average molecular weight is 320 g/mol. The van der Waals surface area contributed by atoms with Crippen LogP contribution < -0.4 is 9.47 Å². The summed E-state index contributed by atoms with van der Waals surface area (Å²) in [6, 6.07) is 5.36. The highest BCUT2D eigenvalue weighted by Gasteiger charge is 2.28. The first kappa shape index (κ1) is 19.2. The van der Waals surface area contributed by atoms with Crippen LogP contribution in [0.1, 0.15) is 60.5 Å². The molecule has 0 saturated carbocycles. The number of rotatable bonds is 4. The molecule has 0 bridgehead atoms. The lowest BCUT2D eigenvalue weighted by molar-refractivity contribution is -0.145. The first-order chi connectivity index (χ1) is 10.4. The SMILES string of the molecule is CCCc1ccc(OC(=O)C(C)(C)C)c(OC(=O)C(C)(C)C)c1. The van der Waals surface area contributed by atoms with Crippen LogP contribution >= 0.6 is 0 Å². The molecule has 0 aliphatic carbocycles. The van der Waals surface area contributed by atoms with Crippen LogP contribution in [0.5, 0.6) is 11.5 Å². The zero-order valence-corrected chi connectivity index (χ0v) is 15.3. The highest BCUT2D eigenvalue weighted by Crippen LogP contribution is 2.32. The van der Waals surface area contributed by atoms with Gasteiger partial charge in [-0.2, -0.15) is 0 Å². The van der Waals surface area contributed by atoms with E-state index < -0.39 is 10.8 Å². The lowest BCUT2D eigenvalue weighted by atomic mass is 9.97. The molecule has 0 spiro atoms. The van der Waals surface area contributed by atoms with Crippen molar-refractivity contribution in [3.05, 3.63) is 23.8 Å². The van der Waals surface area contributed by atoms with Gasteiger partial charge in [-0.3, -0.25) is 9.59 Å². The Morgan fingerprint density at radius 3 is 1.78 bits per heavy atom. The molecule has 23 heavy (non-hydrogen) atoms. The van der Waals surface area contributed by atoms with Gasteiger partial charge < -0.3 is 9.47 Å². The minimum atomic E-state index is -0.633. The summed E-state index contributed by atoms with van der Waals surface area (Å²) in [5.74, 6) is -0.149. The normalized spacial score (nSPS) is 12.0. The molecule has 1 aromatic rings. The summed E-state index contributed by atoms with van der Waals surface area (Å²) in [6.07, 6.45) is 1.85. The molecule has 0 amide bonds. The quantitative estimate of drug-likeness (QED) is 0.603. The van der Waals surface area contributed by atoms with Crippen LogP contribution in [-0.4, -0.2) is 11.9 Å². The largest absolute Gasteiger partial charge is 0.422 e. The van der Waals surface area contributed by atoms with Gasteiger partial charge in [0.1, 0.15) is 0 Å². The maximum absolute atomic E-state index is 12.2. The summed E-state index contributed by atoms with van der Waals surface area (Å²) < 4.78 is 10.9. The van der Waals surface area contributed by atoms with Crippen molar-refractivity contribution < 1.29 is 19.1 Å². The number of benzene rings is 1. The van der Waals surface area contributed by atoms with Crippen molar-refractivity contribution in [2.45, 2.75) is 61.3 Å². The molecule has 0 atom stereocenters. The van der Waals surface area contributed by atoms with Gasteiger partial charge in [0.2, 0.25) is 0 Å². The number of esters is 2. The van der Waals surface area contributed by atoms with Gasteiger partial charge in [-0.1, -0.05) is 19.4 Å². The first-order valence-electron chi connectivity index (χ1n) is 8.02. The topological polar surface area (TPSA) is 52.6 Å². The Hall–Kier alpha value is -1.84. The molecular weight excluding hydrogens is 292 g/mol. The highest BCUT2D eigenvalue weighted by atomic mass is 16.6. The maximum atomic E-state index is 12.2. The Kier molecular flexibility index (Phi) is 5.98. The Morgan fingerprint density at radius 2 is 1.35 bits per heavy atom. The molecule has 1 aromatic carbocycles. The predicted molar refractivity (Wildman–Crippen MR) is 90.6 cm³/mol. The van der Waals surface area contributed by atoms with Gasteiger partial charge in [0.05, 0.1) is 10.8 Å². The van der Waals surface area contributed by atoms with Crippen LogP contribution in [0, 0.1) is 10.8 Å². The minimum Gasteiger partial charge on any atom is -0.422 e. The van der Waals surface area contributed by atoms with Gasteiger partial charge in [0.15, 0.2) is 11.5 Å². The van der Waals surface area contributed by atoms with Crippen LogP contribution in [-0.2, 0) is 16.0 Å². The van der Waals surface area contributed by atoms with Crippen LogP contribution in [0.25, 0.3) is 0 Å². The molecule has 0 aliphatic rings. The molecule has 4 nitrogen and oxygen atoms in total. The molecule has 4 heteroatoms. The summed E-state index contributed by atoms with van der Waals surface area (Å²) >= 11 is 0. The van der Waals surface area contributed by atoms with Gasteiger partial charge in [0.25, 0.3) is 0 Å². The fourth-order valence-corrected chi connectivity index (χ4v) is 1.67. The summed E-state index contributed by atoms with van der Waals surface area (Å²) in [4.78, 5) is 24.3. The van der Waals surface area contributed by atoms with E-state index in [4.69, 9.17) is 9.47 Å². The number of hydrogen-bond donors (Lipinski definition) is 0. The number of carbonyl (C=O) groups is 2. The Bertz CT molecular complexity index is 574. The van der Waals surface area contributed by atoms with E-state index in [9.17, 15) is 9.59 Å². The van der Waals surface area contributed by atoms with Gasteiger partial charge in [0, 0.05) is 0 Å². The van der Waals surface area contributed by atoms with Crippen LogP contribution in [0.3, 0.4) is 0 Å². The lowest BCUT2D eigenvalue weighted by Crippen LogP contribution is -2.28. The van der Waals surface area contributed by atoms with Gasteiger partial charge in [-0.05, 0) is 65.7 Å². The Balaban J connectivity index is 3.14. The number of carbonyl (C=O) groups excluding carboxylic acids is 2. The van der Waals surface area contributed by atoms with E-state index in [0.29, 0.717) is 5.75 Å². The van der Waals surface area contributed by atoms with E-state index in [-0.39, 0.29) is 17.7 Å². The molecule has 0 heterocycles. The third-order valence-electron chi connectivity index (χ3n) is 3.18. The lowest BCUT2D eigenvalue weighted by Gasteiger charge is -2.20. The van der Waals surface area contributed by atoms with Crippen molar-refractivity contribution in [2.75, 3.05) is 0 Å². The average Bonchev–Trinajstić information content (AvgIpc) is 2.39. The molecule has 0 unspecified atom stereocenters. The second kappa shape index (κ2) is 7.16. The summed E-state index contributed by atoms with van der Waals surface area (Å²) in [7, 11) is 0. The van der Waals surface area contributed by atoms with E-state index in [1.165, 1.54) is 0 Å². The first-order valence-corrected chi connectivity index (χ1v) is 8.02. The van der Waals surface area contributed by atoms with Crippen LogP contribution in [0.2, 0.25) is 0 Å². The number of ether oxygens (including phenoxy) is 2. The van der Waals surface area contributed by atoms with Crippen molar-refractivity contribution in [1.82, 2.24) is 0 Å². The third-order valence-corrected chi connectivity index (χ3v) is 3.18. The summed E-state index contributed by atoms with van der Waals surface area (Å²) in [6.45, 7) is 12.8. The van der Waals surface area contributed by atoms with E-state index >= 15 is 0 Å². The van der Waals surface area contributed by atoms with Gasteiger partial charge in [-0.15, -0.1) is 0 Å². The molecule has 128 valence electrons. The molecule has 0 saturated heterocycles. The number of hydrogen-bond acceptors (Lipinski definition) is 4. The van der Waals surface area contributed by atoms with Crippen molar-refractivity contribution in [3.63, 3.8) is 0 Å². The zero-order valence-electron chi connectivity index (χ0n) is 15.3. The second-order valence-corrected chi connectivity index (χ2v) is 7.81. The maximum Gasteiger partial charge on any atom is 0.316 e. The van der Waals surface area contributed by atoms with Crippen LogP contribution in [0.15, 0.2) is 18.2 Å². The molecule has 0 fully saturated rings. The monoisotopic (exact) mass is 320 g/mol. The predicted octanol–water partition coefficient (Wildman–Crippen LogP) is 4.54. The number of aryl methyl sites for hydroxylation is 1. The standard InChI is InChI=1S/C19H28O4/c1-8-9-13-10-11-14(22-16(20)18(2,3)4)15(12-13)23-17(21)19(5,6)7/h10-12H,8-9H2,1-7H3. The summed E-state index contributed by atoms with van der Waals surface area (Å²) in [5.41, 5.74) is -0.223. The van der Waals surface area contributed by atoms with E-state index in [1.54, 1.807) is 53.7 Å². The minimum absolute atomic E-state index is 0.280. The molecular formula is C19H28O4. The molecule has 1 rings (SSSR count). The van der Waals surface area contributed by atoms with Gasteiger partial charge >= 0.3 is 11.9 Å². The molecule has 0 aliphatic heterocycles. The summed E-state index contributed by atoms with van der Waals surface area (Å²) in [5, 5.41) is 0. The van der Waals surface area contributed by atoms with Crippen LogP contribution in [0.4, 0.5) is 0 Å². The van der Waals surface area contributed by atoms with Crippen molar-refractivity contribution in [1.29, 1.82) is 0 Å².